The fourth-order valence-electron chi connectivity index (χ4n) is 4.08. The molecular formula is C26H22F4N4O3S. The fraction of sp³-hybridized carbons (Fsp3) is 0.192. The molecule has 1 aliphatic heterocycles. The van der Waals surface area contributed by atoms with Crippen molar-refractivity contribution in [2.45, 2.75) is 0 Å². The van der Waals surface area contributed by atoms with Crippen LogP contribution >= 0.6 is 12.2 Å². The van der Waals surface area contributed by atoms with Gasteiger partial charge in [-0.3, -0.25) is 14.9 Å². The highest BCUT2D eigenvalue weighted by Crippen LogP contribution is 2.30. The third-order valence-corrected chi connectivity index (χ3v) is 6.17. The Labute approximate surface area is 221 Å². The van der Waals surface area contributed by atoms with E-state index < -0.39 is 40.5 Å². The Balaban J connectivity index is 1.44. The maximum Gasteiger partial charge on any atom is 0.263 e. The summed E-state index contributed by atoms with van der Waals surface area (Å²) in [6, 6.07) is 15.9. The Kier molecular flexibility index (Phi) is 8.10. The van der Waals surface area contributed by atoms with Crippen molar-refractivity contribution in [1.82, 2.24) is 10.2 Å². The minimum Gasteiger partial charge on any atom is -0.491 e. The summed E-state index contributed by atoms with van der Waals surface area (Å²) in [5.41, 5.74) is 0.300. The molecule has 198 valence electrons. The van der Waals surface area contributed by atoms with Crippen LogP contribution in [0, 0.1) is 23.3 Å². The molecule has 1 heterocycles. The Morgan fingerprint density at radius 1 is 0.842 bits per heavy atom. The molecule has 1 aliphatic rings. The third kappa shape index (κ3) is 5.40. The van der Waals surface area contributed by atoms with Gasteiger partial charge in [0.1, 0.15) is 5.56 Å². The number of piperazine rings is 1. The SMILES string of the molecule is COc1c(F)c(F)c(C(=O)NC(=S)Nc2ccccc2N2CCN(C(=O)c3ccccc3)CC2)c(F)c1F. The van der Waals surface area contributed by atoms with E-state index in [1.165, 1.54) is 0 Å². The summed E-state index contributed by atoms with van der Waals surface area (Å²) in [4.78, 5) is 28.9. The van der Waals surface area contributed by atoms with Crippen molar-refractivity contribution in [3.8, 4) is 5.75 Å². The number of carbonyl (C=O) groups is 2. The number of hydrogen-bond acceptors (Lipinski definition) is 5. The molecule has 1 saturated heterocycles. The number of nitrogens with one attached hydrogen (secondary N) is 2. The molecule has 0 spiro atoms. The summed E-state index contributed by atoms with van der Waals surface area (Å²) in [7, 11) is 0.831. The smallest absolute Gasteiger partial charge is 0.263 e. The third-order valence-electron chi connectivity index (χ3n) is 5.96. The monoisotopic (exact) mass is 546 g/mol. The first-order valence-electron chi connectivity index (χ1n) is 11.4. The summed E-state index contributed by atoms with van der Waals surface area (Å²) in [6.45, 7) is 1.96. The molecule has 0 atom stereocenters. The second-order valence-electron chi connectivity index (χ2n) is 8.23. The van der Waals surface area contributed by atoms with Gasteiger partial charge in [-0.05, 0) is 36.5 Å². The van der Waals surface area contributed by atoms with Gasteiger partial charge < -0.3 is 19.9 Å². The van der Waals surface area contributed by atoms with E-state index >= 15 is 0 Å². The number of ether oxygens (including phenoxy) is 1. The number of halogens is 4. The lowest BCUT2D eigenvalue weighted by molar-refractivity contribution is 0.0746. The molecule has 3 aromatic carbocycles. The van der Waals surface area contributed by atoms with Crippen LogP contribution in [0.4, 0.5) is 28.9 Å². The highest BCUT2D eigenvalue weighted by atomic mass is 32.1. The number of methoxy groups -OCH3 is 1. The van der Waals surface area contributed by atoms with E-state index in [2.05, 4.69) is 10.1 Å². The summed E-state index contributed by atoms with van der Waals surface area (Å²) in [5, 5.41) is 4.47. The predicted octanol–water partition coefficient (Wildman–Crippen LogP) is 4.34. The van der Waals surface area contributed by atoms with Crippen LogP contribution in [0.3, 0.4) is 0 Å². The maximum atomic E-state index is 14.3. The normalized spacial score (nSPS) is 13.2. The molecule has 0 unspecified atom stereocenters. The van der Waals surface area contributed by atoms with Gasteiger partial charge in [0, 0.05) is 31.7 Å². The van der Waals surface area contributed by atoms with E-state index in [1.54, 1.807) is 53.4 Å². The average molecular weight is 547 g/mol. The van der Waals surface area contributed by atoms with E-state index in [-0.39, 0.29) is 11.0 Å². The lowest BCUT2D eigenvalue weighted by Gasteiger charge is -2.37. The van der Waals surface area contributed by atoms with E-state index in [1.807, 2.05) is 16.3 Å². The highest BCUT2D eigenvalue weighted by Gasteiger charge is 2.31. The van der Waals surface area contributed by atoms with Crippen LogP contribution in [0.2, 0.25) is 0 Å². The summed E-state index contributed by atoms with van der Waals surface area (Å²) in [5.74, 6) is -10.3. The minimum atomic E-state index is -1.91. The molecule has 38 heavy (non-hydrogen) atoms. The maximum absolute atomic E-state index is 14.3. The van der Waals surface area contributed by atoms with Crippen LogP contribution in [-0.4, -0.2) is 55.1 Å². The molecule has 1 fully saturated rings. The summed E-state index contributed by atoms with van der Waals surface area (Å²) >= 11 is 5.11. The molecular weight excluding hydrogens is 524 g/mol. The molecule has 7 nitrogen and oxygen atoms in total. The topological polar surface area (TPSA) is 73.9 Å². The number of para-hydroxylation sites is 2. The largest absolute Gasteiger partial charge is 0.491 e. The lowest BCUT2D eigenvalue weighted by Crippen LogP contribution is -2.49. The van der Waals surface area contributed by atoms with Crippen LogP contribution in [0.15, 0.2) is 54.6 Å². The quantitative estimate of drug-likeness (QED) is 0.282. The predicted molar refractivity (Wildman–Crippen MR) is 138 cm³/mol. The van der Waals surface area contributed by atoms with Gasteiger partial charge in [-0.15, -0.1) is 0 Å². The van der Waals surface area contributed by atoms with Crippen molar-refractivity contribution in [2.75, 3.05) is 43.5 Å². The molecule has 0 radical (unpaired) electrons. The Morgan fingerprint density at radius 2 is 1.42 bits per heavy atom. The molecule has 0 aromatic heterocycles. The molecule has 0 saturated carbocycles. The Bertz CT molecular complexity index is 1350. The summed E-state index contributed by atoms with van der Waals surface area (Å²) < 4.78 is 61.0. The van der Waals surface area contributed by atoms with Crippen molar-refractivity contribution < 1.29 is 31.9 Å². The zero-order valence-corrected chi connectivity index (χ0v) is 20.9. The number of thiocarbonyl (C=S) groups is 1. The number of carbonyl (C=O) groups excluding carboxylic acids is 2. The Morgan fingerprint density at radius 3 is 2.03 bits per heavy atom. The summed E-state index contributed by atoms with van der Waals surface area (Å²) in [6.07, 6.45) is 0. The number of hydrogen-bond donors (Lipinski definition) is 2. The molecule has 3 aromatic rings. The van der Waals surface area contributed by atoms with Crippen LogP contribution in [0.5, 0.6) is 5.75 Å². The highest BCUT2D eigenvalue weighted by molar-refractivity contribution is 7.80. The van der Waals surface area contributed by atoms with E-state index in [0.29, 0.717) is 43.1 Å². The van der Waals surface area contributed by atoms with E-state index in [9.17, 15) is 27.2 Å². The number of anilines is 2. The van der Waals surface area contributed by atoms with Gasteiger partial charge in [0.15, 0.2) is 22.5 Å². The molecule has 4 rings (SSSR count). The van der Waals surface area contributed by atoms with Gasteiger partial charge in [0.05, 0.1) is 18.5 Å². The van der Waals surface area contributed by atoms with Gasteiger partial charge in [0.25, 0.3) is 11.8 Å². The standard InChI is InChI=1S/C26H22F4N4O3S/c1-37-23-21(29)19(27)18(20(28)22(23)30)24(35)32-26(38)31-16-9-5-6-10-17(16)33-11-13-34(14-12-33)25(36)15-7-3-2-4-8-15/h2-10H,11-14H2,1H3,(H2,31,32,35,38). The van der Waals surface area contributed by atoms with Crippen molar-refractivity contribution >= 4 is 40.5 Å². The second kappa shape index (κ2) is 11.5. The molecule has 0 aliphatic carbocycles. The van der Waals surface area contributed by atoms with Crippen molar-refractivity contribution in [3.63, 3.8) is 0 Å². The van der Waals surface area contributed by atoms with E-state index in [0.717, 1.165) is 7.11 Å². The van der Waals surface area contributed by atoms with Crippen LogP contribution < -0.4 is 20.3 Å². The number of nitrogens with zero attached hydrogens (tertiary/aromatic N) is 2. The van der Waals surface area contributed by atoms with Crippen molar-refractivity contribution in [3.05, 3.63) is 89.0 Å². The average Bonchev–Trinajstić information content (AvgIpc) is 2.93. The first kappa shape index (κ1) is 26.9. The molecule has 2 amide bonds. The molecule has 12 heteroatoms. The van der Waals surface area contributed by atoms with E-state index in [4.69, 9.17) is 12.2 Å². The van der Waals surface area contributed by atoms with Gasteiger partial charge in [0.2, 0.25) is 11.6 Å². The zero-order chi connectivity index (χ0) is 27.4. The van der Waals surface area contributed by atoms with Gasteiger partial charge in [-0.1, -0.05) is 30.3 Å². The van der Waals surface area contributed by atoms with Crippen LogP contribution in [-0.2, 0) is 0 Å². The first-order valence-corrected chi connectivity index (χ1v) is 11.8. The Hall–Kier alpha value is -4.19. The van der Waals surface area contributed by atoms with Crippen LogP contribution in [0.25, 0.3) is 0 Å². The fourth-order valence-corrected chi connectivity index (χ4v) is 4.28. The number of benzene rings is 3. The molecule has 2 N–H and O–H groups in total. The zero-order valence-electron chi connectivity index (χ0n) is 20.1. The second-order valence-corrected chi connectivity index (χ2v) is 8.64. The van der Waals surface area contributed by atoms with Crippen molar-refractivity contribution in [2.24, 2.45) is 0 Å². The number of rotatable bonds is 5. The van der Waals surface area contributed by atoms with Gasteiger partial charge in [-0.2, -0.15) is 8.78 Å². The van der Waals surface area contributed by atoms with Crippen LogP contribution in [0.1, 0.15) is 20.7 Å². The minimum absolute atomic E-state index is 0.0635. The van der Waals surface area contributed by atoms with Gasteiger partial charge in [-0.25, -0.2) is 8.78 Å². The van der Waals surface area contributed by atoms with Gasteiger partial charge >= 0.3 is 0 Å². The van der Waals surface area contributed by atoms with Crippen molar-refractivity contribution in [1.29, 1.82) is 0 Å². The number of amides is 2. The lowest BCUT2D eigenvalue weighted by atomic mass is 10.1. The molecule has 0 bridgehead atoms. The first-order chi connectivity index (χ1) is 18.2.